The van der Waals surface area contributed by atoms with Crippen LogP contribution in [0.1, 0.15) is 35.0 Å². The number of nitrogens with zero attached hydrogens (tertiary/aromatic N) is 2. The Morgan fingerprint density at radius 2 is 2.00 bits per heavy atom. The summed E-state index contributed by atoms with van der Waals surface area (Å²) in [6.07, 6.45) is 1.05. The van der Waals surface area contributed by atoms with E-state index in [1.807, 2.05) is 6.92 Å². The summed E-state index contributed by atoms with van der Waals surface area (Å²) < 4.78 is 1.11. The van der Waals surface area contributed by atoms with Gasteiger partial charge in [-0.15, -0.1) is 21.5 Å². The molecule has 1 N–H and O–H groups in total. The third-order valence-corrected chi connectivity index (χ3v) is 4.12. The minimum absolute atomic E-state index is 0.363. The summed E-state index contributed by atoms with van der Waals surface area (Å²) in [5, 5.41) is 13.7. The molecule has 1 atom stereocenters. The van der Waals surface area contributed by atoms with E-state index < -0.39 is 0 Å². The van der Waals surface area contributed by atoms with Gasteiger partial charge in [-0.3, -0.25) is 0 Å². The first kappa shape index (κ1) is 13.6. The Morgan fingerprint density at radius 3 is 2.56 bits per heavy atom. The molecule has 1 unspecified atom stereocenters. The van der Waals surface area contributed by atoms with Crippen molar-refractivity contribution in [3.8, 4) is 0 Å². The SMILES string of the molecule is CCC(NCc1nnc(C)s1)c1ccc(Br)cc1. The van der Waals surface area contributed by atoms with Gasteiger partial charge in [-0.05, 0) is 31.0 Å². The molecule has 0 saturated carbocycles. The zero-order valence-corrected chi connectivity index (χ0v) is 12.9. The molecule has 0 aliphatic carbocycles. The van der Waals surface area contributed by atoms with E-state index in [-0.39, 0.29) is 0 Å². The highest BCUT2D eigenvalue weighted by atomic mass is 79.9. The van der Waals surface area contributed by atoms with Crippen molar-refractivity contribution in [2.45, 2.75) is 32.9 Å². The van der Waals surface area contributed by atoms with Crippen molar-refractivity contribution in [1.29, 1.82) is 0 Å². The van der Waals surface area contributed by atoms with Crippen molar-refractivity contribution in [3.05, 3.63) is 44.3 Å². The Morgan fingerprint density at radius 1 is 1.28 bits per heavy atom. The summed E-state index contributed by atoms with van der Waals surface area (Å²) in [4.78, 5) is 0. The van der Waals surface area contributed by atoms with Gasteiger partial charge in [0.1, 0.15) is 10.0 Å². The van der Waals surface area contributed by atoms with Crippen LogP contribution in [0.4, 0.5) is 0 Å². The lowest BCUT2D eigenvalue weighted by atomic mass is 10.1. The van der Waals surface area contributed by atoms with Crippen LogP contribution in [0.5, 0.6) is 0 Å². The summed E-state index contributed by atoms with van der Waals surface area (Å²) in [6, 6.07) is 8.82. The van der Waals surface area contributed by atoms with Crippen molar-refractivity contribution in [1.82, 2.24) is 15.5 Å². The van der Waals surface area contributed by atoms with Crippen LogP contribution in [-0.4, -0.2) is 10.2 Å². The number of benzene rings is 1. The fraction of sp³-hybridized carbons (Fsp3) is 0.385. The van der Waals surface area contributed by atoms with Crippen LogP contribution in [0, 0.1) is 6.92 Å². The molecular formula is C13H16BrN3S. The quantitative estimate of drug-likeness (QED) is 0.907. The number of halogens is 1. The number of aromatic nitrogens is 2. The molecule has 1 aromatic carbocycles. The Bertz CT molecular complexity index is 495. The van der Waals surface area contributed by atoms with Gasteiger partial charge in [0.15, 0.2) is 0 Å². The van der Waals surface area contributed by atoms with E-state index >= 15 is 0 Å². The van der Waals surface area contributed by atoms with E-state index in [0.29, 0.717) is 6.04 Å². The molecule has 0 aliphatic rings. The molecule has 0 radical (unpaired) electrons. The third kappa shape index (κ3) is 3.60. The van der Waals surface area contributed by atoms with Crippen LogP contribution in [-0.2, 0) is 6.54 Å². The van der Waals surface area contributed by atoms with Gasteiger partial charge in [-0.1, -0.05) is 35.0 Å². The Hall–Kier alpha value is -0.780. The highest BCUT2D eigenvalue weighted by Crippen LogP contribution is 2.20. The molecule has 2 aromatic rings. The molecule has 0 aliphatic heterocycles. The molecule has 18 heavy (non-hydrogen) atoms. The molecule has 3 nitrogen and oxygen atoms in total. The molecule has 0 saturated heterocycles. The van der Waals surface area contributed by atoms with E-state index in [9.17, 15) is 0 Å². The third-order valence-electron chi connectivity index (χ3n) is 2.75. The summed E-state index contributed by atoms with van der Waals surface area (Å²) >= 11 is 5.10. The van der Waals surface area contributed by atoms with Crippen molar-refractivity contribution in [2.24, 2.45) is 0 Å². The van der Waals surface area contributed by atoms with Crippen molar-refractivity contribution >= 4 is 27.3 Å². The minimum atomic E-state index is 0.363. The van der Waals surface area contributed by atoms with Crippen molar-refractivity contribution in [3.63, 3.8) is 0 Å². The molecule has 0 fully saturated rings. The number of aryl methyl sites for hydroxylation is 1. The number of nitrogens with one attached hydrogen (secondary N) is 1. The zero-order chi connectivity index (χ0) is 13.0. The number of hydrogen-bond acceptors (Lipinski definition) is 4. The smallest absolute Gasteiger partial charge is 0.131 e. The Labute approximate surface area is 120 Å². The molecule has 5 heteroatoms. The van der Waals surface area contributed by atoms with Gasteiger partial charge < -0.3 is 5.32 Å². The predicted molar refractivity (Wildman–Crippen MR) is 78.7 cm³/mol. The van der Waals surface area contributed by atoms with Crippen LogP contribution in [0.25, 0.3) is 0 Å². The fourth-order valence-corrected chi connectivity index (χ4v) is 2.74. The molecule has 2 rings (SSSR count). The maximum absolute atomic E-state index is 4.13. The molecular weight excluding hydrogens is 310 g/mol. The highest BCUT2D eigenvalue weighted by Gasteiger charge is 2.09. The first-order valence-electron chi connectivity index (χ1n) is 5.97. The van der Waals surface area contributed by atoms with E-state index in [0.717, 1.165) is 27.5 Å². The largest absolute Gasteiger partial charge is 0.304 e. The standard InChI is InChI=1S/C13H16BrN3S/c1-3-12(10-4-6-11(14)7-5-10)15-8-13-17-16-9(2)18-13/h4-7,12,15H,3,8H2,1-2H3. The summed E-state index contributed by atoms with van der Waals surface area (Å²) in [5.41, 5.74) is 1.31. The molecule has 0 amide bonds. The van der Waals surface area contributed by atoms with Crippen LogP contribution >= 0.6 is 27.3 Å². The second kappa shape index (κ2) is 6.41. The Kier molecular flexibility index (Phi) is 4.86. The van der Waals surface area contributed by atoms with Crippen molar-refractivity contribution in [2.75, 3.05) is 0 Å². The van der Waals surface area contributed by atoms with Crippen LogP contribution in [0.3, 0.4) is 0 Å². The van der Waals surface area contributed by atoms with Gasteiger partial charge in [-0.2, -0.15) is 0 Å². The van der Waals surface area contributed by atoms with E-state index in [1.165, 1.54) is 5.56 Å². The highest BCUT2D eigenvalue weighted by molar-refractivity contribution is 9.10. The van der Waals surface area contributed by atoms with Crippen LogP contribution < -0.4 is 5.32 Å². The monoisotopic (exact) mass is 325 g/mol. The minimum Gasteiger partial charge on any atom is -0.304 e. The first-order valence-corrected chi connectivity index (χ1v) is 7.58. The molecule has 1 aromatic heterocycles. The van der Waals surface area contributed by atoms with Gasteiger partial charge in [0.2, 0.25) is 0 Å². The maximum atomic E-state index is 4.13. The normalized spacial score (nSPS) is 12.6. The van der Waals surface area contributed by atoms with E-state index in [1.54, 1.807) is 11.3 Å². The second-order valence-electron chi connectivity index (χ2n) is 4.11. The van der Waals surface area contributed by atoms with Crippen molar-refractivity contribution < 1.29 is 0 Å². The van der Waals surface area contributed by atoms with Crippen LogP contribution in [0.15, 0.2) is 28.7 Å². The maximum Gasteiger partial charge on any atom is 0.131 e. The fourth-order valence-electron chi connectivity index (χ4n) is 1.81. The van der Waals surface area contributed by atoms with Gasteiger partial charge in [0.05, 0.1) is 6.54 Å². The number of rotatable bonds is 5. The van der Waals surface area contributed by atoms with E-state index in [4.69, 9.17) is 0 Å². The number of hydrogen-bond donors (Lipinski definition) is 1. The second-order valence-corrected chi connectivity index (χ2v) is 6.29. The summed E-state index contributed by atoms with van der Waals surface area (Å²) in [5.74, 6) is 0. The average molecular weight is 326 g/mol. The lowest BCUT2D eigenvalue weighted by molar-refractivity contribution is 0.516. The molecule has 0 bridgehead atoms. The predicted octanol–water partition coefficient (Wildman–Crippen LogP) is 3.85. The van der Waals surface area contributed by atoms with Crippen LogP contribution in [0.2, 0.25) is 0 Å². The Balaban J connectivity index is 1.99. The lowest BCUT2D eigenvalue weighted by Crippen LogP contribution is -2.20. The average Bonchev–Trinajstić information content (AvgIpc) is 2.78. The summed E-state index contributed by atoms with van der Waals surface area (Å²) in [6.45, 7) is 4.94. The lowest BCUT2D eigenvalue weighted by Gasteiger charge is -2.16. The summed E-state index contributed by atoms with van der Waals surface area (Å²) in [7, 11) is 0. The van der Waals surface area contributed by atoms with Gasteiger partial charge in [0, 0.05) is 10.5 Å². The first-order chi connectivity index (χ1) is 8.69. The van der Waals surface area contributed by atoms with Gasteiger partial charge in [-0.25, -0.2) is 0 Å². The topological polar surface area (TPSA) is 37.8 Å². The van der Waals surface area contributed by atoms with Gasteiger partial charge >= 0.3 is 0 Å². The molecule has 1 heterocycles. The van der Waals surface area contributed by atoms with E-state index in [2.05, 4.69) is 62.6 Å². The zero-order valence-electron chi connectivity index (χ0n) is 10.5. The molecule has 96 valence electrons. The molecule has 0 spiro atoms. The van der Waals surface area contributed by atoms with Gasteiger partial charge in [0.25, 0.3) is 0 Å².